The SMILES string of the molecule is Cc1nc(-c2cccc([N+](=O)[O-])c2)c(C)c(=O)[nH]1. The molecular weight excluding hydrogens is 234 g/mol. The van der Waals surface area contributed by atoms with Crippen LogP contribution in [-0.2, 0) is 0 Å². The number of aromatic amines is 1. The van der Waals surface area contributed by atoms with Crippen LogP contribution in [0.1, 0.15) is 11.4 Å². The van der Waals surface area contributed by atoms with Crippen molar-refractivity contribution in [3.8, 4) is 11.3 Å². The molecule has 1 aromatic carbocycles. The number of hydrogen-bond donors (Lipinski definition) is 1. The van der Waals surface area contributed by atoms with Crippen molar-refractivity contribution in [2.75, 3.05) is 0 Å². The molecule has 0 bridgehead atoms. The van der Waals surface area contributed by atoms with Crippen LogP contribution in [0.2, 0.25) is 0 Å². The van der Waals surface area contributed by atoms with E-state index in [1.165, 1.54) is 12.1 Å². The van der Waals surface area contributed by atoms with Crippen molar-refractivity contribution in [3.63, 3.8) is 0 Å². The molecule has 0 radical (unpaired) electrons. The number of H-pyrrole nitrogens is 1. The fourth-order valence-electron chi connectivity index (χ4n) is 1.69. The molecule has 18 heavy (non-hydrogen) atoms. The van der Waals surface area contributed by atoms with Crippen LogP contribution in [0.5, 0.6) is 0 Å². The molecule has 0 aliphatic heterocycles. The van der Waals surface area contributed by atoms with Crippen LogP contribution < -0.4 is 5.56 Å². The number of hydrogen-bond acceptors (Lipinski definition) is 4. The molecule has 0 amide bonds. The van der Waals surface area contributed by atoms with E-state index in [9.17, 15) is 14.9 Å². The lowest BCUT2D eigenvalue weighted by molar-refractivity contribution is -0.384. The van der Waals surface area contributed by atoms with Gasteiger partial charge in [0.05, 0.1) is 10.6 Å². The van der Waals surface area contributed by atoms with Gasteiger partial charge in [-0.3, -0.25) is 14.9 Å². The molecule has 1 aromatic heterocycles. The van der Waals surface area contributed by atoms with Crippen molar-refractivity contribution in [2.45, 2.75) is 13.8 Å². The third kappa shape index (κ3) is 2.13. The second kappa shape index (κ2) is 4.40. The lowest BCUT2D eigenvalue weighted by Gasteiger charge is -2.05. The molecule has 0 saturated heterocycles. The Labute approximate surface area is 102 Å². The third-order valence-electron chi connectivity index (χ3n) is 2.60. The highest BCUT2D eigenvalue weighted by molar-refractivity contribution is 5.65. The highest BCUT2D eigenvalue weighted by Gasteiger charge is 2.12. The maximum absolute atomic E-state index is 11.6. The van der Waals surface area contributed by atoms with Gasteiger partial charge in [-0.1, -0.05) is 12.1 Å². The first-order valence-electron chi connectivity index (χ1n) is 5.31. The van der Waals surface area contributed by atoms with Gasteiger partial charge in [0, 0.05) is 23.3 Å². The van der Waals surface area contributed by atoms with Gasteiger partial charge in [-0.05, 0) is 13.8 Å². The Kier molecular flexibility index (Phi) is 2.93. The molecule has 1 N–H and O–H groups in total. The number of benzene rings is 1. The zero-order chi connectivity index (χ0) is 13.3. The molecular formula is C12H11N3O3. The first-order chi connectivity index (χ1) is 8.49. The number of nitro benzene ring substituents is 1. The van der Waals surface area contributed by atoms with Gasteiger partial charge in [-0.15, -0.1) is 0 Å². The van der Waals surface area contributed by atoms with E-state index in [2.05, 4.69) is 9.97 Å². The molecule has 6 heteroatoms. The van der Waals surface area contributed by atoms with Crippen LogP contribution >= 0.6 is 0 Å². The Hall–Kier alpha value is -2.50. The van der Waals surface area contributed by atoms with Crippen LogP contribution in [0.15, 0.2) is 29.1 Å². The summed E-state index contributed by atoms with van der Waals surface area (Å²) < 4.78 is 0. The molecule has 6 nitrogen and oxygen atoms in total. The minimum absolute atomic E-state index is 0.0216. The Balaban J connectivity index is 2.65. The van der Waals surface area contributed by atoms with Gasteiger partial charge in [-0.25, -0.2) is 4.98 Å². The second-order valence-electron chi connectivity index (χ2n) is 3.93. The fourth-order valence-corrected chi connectivity index (χ4v) is 1.69. The summed E-state index contributed by atoms with van der Waals surface area (Å²) in [7, 11) is 0. The number of aryl methyl sites for hydroxylation is 1. The summed E-state index contributed by atoms with van der Waals surface area (Å²) >= 11 is 0. The number of non-ortho nitro benzene ring substituents is 1. The summed E-state index contributed by atoms with van der Waals surface area (Å²) in [6, 6.07) is 6.08. The maximum Gasteiger partial charge on any atom is 0.270 e. The van der Waals surface area contributed by atoms with Crippen molar-refractivity contribution in [1.29, 1.82) is 0 Å². The molecule has 0 spiro atoms. The molecule has 2 aromatic rings. The van der Waals surface area contributed by atoms with E-state index < -0.39 is 4.92 Å². The summed E-state index contributed by atoms with van der Waals surface area (Å²) in [4.78, 5) is 28.7. The smallest absolute Gasteiger partial charge is 0.270 e. The Morgan fingerprint density at radius 3 is 2.72 bits per heavy atom. The van der Waals surface area contributed by atoms with Crippen molar-refractivity contribution < 1.29 is 4.92 Å². The normalized spacial score (nSPS) is 10.3. The summed E-state index contributed by atoms with van der Waals surface area (Å²) in [6.45, 7) is 3.31. The van der Waals surface area contributed by atoms with Gasteiger partial charge in [0.25, 0.3) is 11.2 Å². The standard InChI is InChI=1S/C12H11N3O3/c1-7-11(13-8(2)14-12(7)16)9-4-3-5-10(6-9)15(17)18/h3-6H,1-2H3,(H,13,14,16). The predicted molar refractivity (Wildman–Crippen MR) is 66.4 cm³/mol. The molecule has 0 atom stereocenters. The first-order valence-corrected chi connectivity index (χ1v) is 5.31. The third-order valence-corrected chi connectivity index (χ3v) is 2.60. The van der Waals surface area contributed by atoms with Crippen molar-refractivity contribution in [3.05, 3.63) is 56.1 Å². The maximum atomic E-state index is 11.6. The van der Waals surface area contributed by atoms with Gasteiger partial charge in [-0.2, -0.15) is 0 Å². The van der Waals surface area contributed by atoms with Crippen LogP contribution in [0, 0.1) is 24.0 Å². The lowest BCUT2D eigenvalue weighted by atomic mass is 10.1. The van der Waals surface area contributed by atoms with Crippen molar-refractivity contribution in [2.24, 2.45) is 0 Å². The Bertz CT molecular complexity index is 677. The van der Waals surface area contributed by atoms with Crippen LogP contribution in [0.3, 0.4) is 0 Å². The van der Waals surface area contributed by atoms with Crippen LogP contribution in [0.25, 0.3) is 11.3 Å². The summed E-state index contributed by atoms with van der Waals surface area (Å²) in [6.07, 6.45) is 0. The van der Waals surface area contributed by atoms with E-state index in [1.807, 2.05) is 0 Å². The molecule has 1 heterocycles. The van der Waals surface area contributed by atoms with E-state index in [0.717, 1.165) is 0 Å². The minimum Gasteiger partial charge on any atom is -0.311 e. The highest BCUT2D eigenvalue weighted by atomic mass is 16.6. The van der Waals surface area contributed by atoms with Gasteiger partial charge < -0.3 is 4.98 Å². The van der Waals surface area contributed by atoms with E-state index in [4.69, 9.17) is 0 Å². The predicted octanol–water partition coefficient (Wildman–Crippen LogP) is 1.96. The summed E-state index contributed by atoms with van der Waals surface area (Å²) in [5.74, 6) is 0.479. The number of nitro groups is 1. The van der Waals surface area contributed by atoms with E-state index >= 15 is 0 Å². The van der Waals surface area contributed by atoms with Crippen molar-refractivity contribution >= 4 is 5.69 Å². The van der Waals surface area contributed by atoms with Gasteiger partial charge >= 0.3 is 0 Å². The quantitative estimate of drug-likeness (QED) is 0.647. The largest absolute Gasteiger partial charge is 0.311 e. The van der Waals surface area contributed by atoms with Gasteiger partial charge in [0.2, 0.25) is 0 Å². The van der Waals surface area contributed by atoms with E-state index in [0.29, 0.717) is 22.6 Å². The highest BCUT2D eigenvalue weighted by Crippen LogP contribution is 2.23. The topological polar surface area (TPSA) is 88.9 Å². The van der Waals surface area contributed by atoms with E-state index in [1.54, 1.807) is 26.0 Å². The Morgan fingerprint density at radius 1 is 1.33 bits per heavy atom. The molecule has 0 saturated carbocycles. The second-order valence-corrected chi connectivity index (χ2v) is 3.93. The zero-order valence-electron chi connectivity index (χ0n) is 9.93. The summed E-state index contributed by atoms with van der Waals surface area (Å²) in [5.41, 5.74) is 1.23. The molecule has 0 aliphatic rings. The zero-order valence-corrected chi connectivity index (χ0v) is 9.93. The monoisotopic (exact) mass is 245 g/mol. The van der Waals surface area contributed by atoms with Gasteiger partial charge in [0.1, 0.15) is 5.82 Å². The number of aromatic nitrogens is 2. The lowest BCUT2D eigenvalue weighted by Crippen LogP contribution is -2.14. The van der Waals surface area contributed by atoms with E-state index in [-0.39, 0.29) is 11.2 Å². The minimum atomic E-state index is -0.473. The Morgan fingerprint density at radius 2 is 2.06 bits per heavy atom. The number of nitrogens with one attached hydrogen (secondary N) is 1. The average molecular weight is 245 g/mol. The molecule has 0 fully saturated rings. The van der Waals surface area contributed by atoms with Crippen LogP contribution in [-0.4, -0.2) is 14.9 Å². The summed E-state index contributed by atoms with van der Waals surface area (Å²) in [5, 5.41) is 10.7. The van der Waals surface area contributed by atoms with Crippen molar-refractivity contribution in [1.82, 2.24) is 9.97 Å². The average Bonchev–Trinajstić information content (AvgIpc) is 2.34. The number of rotatable bonds is 2. The first kappa shape index (κ1) is 12.0. The molecule has 92 valence electrons. The van der Waals surface area contributed by atoms with Gasteiger partial charge in [0.15, 0.2) is 0 Å². The molecule has 2 rings (SSSR count). The fraction of sp³-hybridized carbons (Fsp3) is 0.167. The molecule has 0 aliphatic carbocycles. The number of nitrogens with zero attached hydrogens (tertiary/aromatic N) is 2. The molecule has 0 unspecified atom stereocenters. The van der Waals surface area contributed by atoms with Crippen LogP contribution in [0.4, 0.5) is 5.69 Å².